The molecule has 1 fully saturated rings. The first-order valence-electron chi connectivity index (χ1n) is 10.5. The van der Waals surface area contributed by atoms with Crippen molar-refractivity contribution in [2.24, 2.45) is 0 Å². The van der Waals surface area contributed by atoms with E-state index in [1.54, 1.807) is 39.3 Å². The van der Waals surface area contributed by atoms with E-state index in [0.717, 1.165) is 31.4 Å². The molecule has 8 nitrogen and oxygen atoms in total. The molecule has 2 heterocycles. The van der Waals surface area contributed by atoms with Crippen molar-refractivity contribution in [2.75, 3.05) is 19.5 Å². The molecule has 4 rings (SSSR count). The zero-order valence-corrected chi connectivity index (χ0v) is 18.3. The Balaban J connectivity index is 1.76. The Morgan fingerprint density at radius 1 is 1.12 bits per heavy atom. The third kappa shape index (κ3) is 4.42. The second-order valence-corrected chi connectivity index (χ2v) is 7.79. The van der Waals surface area contributed by atoms with E-state index >= 15 is 0 Å². The van der Waals surface area contributed by atoms with Crippen molar-refractivity contribution in [1.82, 2.24) is 15.1 Å². The maximum atomic E-state index is 13.9. The normalized spacial score (nSPS) is 14.2. The molecule has 0 bridgehead atoms. The van der Waals surface area contributed by atoms with Crippen LogP contribution in [-0.4, -0.2) is 35.4 Å². The standard InChI is InChI=1S/C23H25FN4O4/c1-13-19(20(28-32-13)14-7-5-4-6-8-14)21-18(22(24)29)12-25-23(27-21)26-15-9-16(30-2)11-17(10-15)31-3/h9-12,14H,4-8H2,1-3H3,(H,25,26,27). The van der Waals surface area contributed by atoms with Gasteiger partial charge in [-0.2, -0.15) is 4.39 Å². The Labute approximate surface area is 185 Å². The Morgan fingerprint density at radius 2 is 1.81 bits per heavy atom. The molecule has 0 spiro atoms. The van der Waals surface area contributed by atoms with Crippen LogP contribution in [0.3, 0.4) is 0 Å². The Hall–Kier alpha value is -3.49. The minimum Gasteiger partial charge on any atom is -0.497 e. The van der Waals surface area contributed by atoms with Gasteiger partial charge in [-0.15, -0.1) is 0 Å². The molecule has 1 saturated carbocycles. The molecule has 3 aromatic rings. The molecule has 1 N–H and O–H groups in total. The largest absolute Gasteiger partial charge is 0.497 e. The smallest absolute Gasteiger partial charge is 0.335 e. The Morgan fingerprint density at radius 3 is 2.44 bits per heavy atom. The van der Waals surface area contributed by atoms with E-state index in [0.29, 0.717) is 28.5 Å². The summed E-state index contributed by atoms with van der Waals surface area (Å²) in [5, 5.41) is 7.33. The summed E-state index contributed by atoms with van der Waals surface area (Å²) in [6.45, 7) is 1.74. The average molecular weight is 440 g/mol. The maximum absolute atomic E-state index is 13.9. The lowest BCUT2D eigenvalue weighted by Gasteiger charge is -2.20. The maximum Gasteiger partial charge on any atom is 0.335 e. The molecule has 1 aromatic carbocycles. The quantitative estimate of drug-likeness (QED) is 0.490. The number of rotatable bonds is 7. The number of carbonyl (C=O) groups excluding carboxylic acids is 1. The van der Waals surface area contributed by atoms with Gasteiger partial charge in [-0.25, -0.2) is 9.97 Å². The van der Waals surface area contributed by atoms with E-state index in [2.05, 4.69) is 20.4 Å². The van der Waals surface area contributed by atoms with Gasteiger partial charge in [0.05, 0.1) is 36.7 Å². The van der Waals surface area contributed by atoms with Crippen LogP contribution in [0.4, 0.5) is 16.0 Å². The van der Waals surface area contributed by atoms with E-state index < -0.39 is 6.04 Å². The predicted octanol–water partition coefficient (Wildman–Crippen LogP) is 5.36. The second kappa shape index (κ2) is 9.33. The van der Waals surface area contributed by atoms with Crippen molar-refractivity contribution < 1.29 is 23.2 Å². The van der Waals surface area contributed by atoms with Gasteiger partial charge in [0.2, 0.25) is 5.95 Å². The second-order valence-electron chi connectivity index (χ2n) is 7.79. The van der Waals surface area contributed by atoms with Gasteiger partial charge >= 0.3 is 6.04 Å². The number of carbonyl (C=O) groups is 1. The van der Waals surface area contributed by atoms with Crippen molar-refractivity contribution in [3.8, 4) is 22.8 Å². The first kappa shape index (κ1) is 21.7. The minimum atomic E-state index is -1.61. The van der Waals surface area contributed by atoms with E-state index in [1.807, 2.05) is 0 Å². The Kier molecular flexibility index (Phi) is 6.34. The highest BCUT2D eigenvalue weighted by Gasteiger charge is 2.29. The number of nitrogens with one attached hydrogen (secondary N) is 1. The fourth-order valence-corrected chi connectivity index (χ4v) is 4.12. The van der Waals surface area contributed by atoms with Gasteiger partial charge in [0.1, 0.15) is 17.3 Å². The van der Waals surface area contributed by atoms with Gasteiger partial charge in [-0.05, 0) is 19.8 Å². The van der Waals surface area contributed by atoms with E-state index in [1.165, 1.54) is 12.6 Å². The number of halogens is 1. The lowest BCUT2D eigenvalue weighted by Crippen LogP contribution is -2.09. The highest BCUT2D eigenvalue weighted by atomic mass is 19.1. The van der Waals surface area contributed by atoms with Crippen LogP contribution in [0.5, 0.6) is 11.5 Å². The first-order valence-corrected chi connectivity index (χ1v) is 10.5. The lowest BCUT2D eigenvalue weighted by atomic mass is 9.84. The average Bonchev–Trinajstić information content (AvgIpc) is 3.20. The van der Waals surface area contributed by atoms with Crippen molar-refractivity contribution in [2.45, 2.75) is 44.9 Å². The van der Waals surface area contributed by atoms with Gasteiger partial charge in [0, 0.05) is 36.0 Å². The van der Waals surface area contributed by atoms with Gasteiger partial charge < -0.3 is 19.3 Å². The topological polar surface area (TPSA) is 99.4 Å². The molecule has 0 unspecified atom stereocenters. The summed E-state index contributed by atoms with van der Waals surface area (Å²) >= 11 is 0. The van der Waals surface area contributed by atoms with Crippen LogP contribution in [0.2, 0.25) is 0 Å². The van der Waals surface area contributed by atoms with Crippen LogP contribution in [0, 0.1) is 6.92 Å². The Bertz CT molecular complexity index is 1100. The summed E-state index contributed by atoms with van der Waals surface area (Å²) in [4.78, 5) is 20.4. The molecule has 32 heavy (non-hydrogen) atoms. The SMILES string of the molecule is COc1cc(Nc2ncc(C(=O)F)c(-c3c(C4CCCCC4)noc3C)n2)cc(OC)c1. The molecular formula is C23H25FN4O4. The molecule has 1 aliphatic rings. The first-order chi connectivity index (χ1) is 15.5. The van der Waals surface area contributed by atoms with Crippen LogP contribution in [-0.2, 0) is 0 Å². The highest BCUT2D eigenvalue weighted by molar-refractivity contribution is 5.96. The van der Waals surface area contributed by atoms with Gasteiger partial charge in [-0.3, -0.25) is 4.79 Å². The zero-order valence-electron chi connectivity index (χ0n) is 18.3. The van der Waals surface area contributed by atoms with Gasteiger partial charge in [0.15, 0.2) is 0 Å². The molecule has 9 heteroatoms. The molecular weight excluding hydrogens is 415 g/mol. The summed E-state index contributed by atoms with van der Waals surface area (Å²) < 4.78 is 30.0. The molecule has 2 aromatic heterocycles. The van der Waals surface area contributed by atoms with Gasteiger partial charge in [0.25, 0.3) is 0 Å². The monoisotopic (exact) mass is 440 g/mol. The number of hydrogen-bond acceptors (Lipinski definition) is 8. The molecule has 0 saturated heterocycles. The summed E-state index contributed by atoms with van der Waals surface area (Å²) in [5.74, 6) is 2.03. The number of hydrogen-bond donors (Lipinski definition) is 1. The fraction of sp³-hybridized carbons (Fsp3) is 0.391. The third-order valence-electron chi connectivity index (χ3n) is 5.73. The van der Waals surface area contributed by atoms with Crippen LogP contribution < -0.4 is 14.8 Å². The minimum absolute atomic E-state index is 0.171. The van der Waals surface area contributed by atoms with E-state index in [9.17, 15) is 9.18 Å². The summed E-state index contributed by atoms with van der Waals surface area (Å²) in [7, 11) is 3.10. The molecule has 1 aliphatic carbocycles. The van der Waals surface area contributed by atoms with Crippen LogP contribution >= 0.6 is 0 Å². The fourth-order valence-electron chi connectivity index (χ4n) is 4.12. The summed E-state index contributed by atoms with van der Waals surface area (Å²) in [5.41, 5.74) is 1.84. The molecule has 0 radical (unpaired) electrons. The molecule has 168 valence electrons. The zero-order chi connectivity index (χ0) is 22.7. The summed E-state index contributed by atoms with van der Waals surface area (Å²) in [6, 6.07) is 3.62. The number of aryl methyl sites for hydroxylation is 1. The van der Waals surface area contributed by atoms with Crippen LogP contribution in [0.1, 0.15) is 59.8 Å². The number of anilines is 2. The van der Waals surface area contributed by atoms with E-state index in [4.69, 9.17) is 14.0 Å². The number of ether oxygens (including phenoxy) is 2. The molecule has 0 atom stereocenters. The third-order valence-corrected chi connectivity index (χ3v) is 5.73. The predicted molar refractivity (Wildman–Crippen MR) is 116 cm³/mol. The van der Waals surface area contributed by atoms with Crippen molar-refractivity contribution in [1.29, 1.82) is 0 Å². The van der Waals surface area contributed by atoms with Crippen LogP contribution in [0.25, 0.3) is 11.3 Å². The molecule has 0 amide bonds. The van der Waals surface area contributed by atoms with Crippen molar-refractivity contribution >= 4 is 17.7 Å². The number of benzene rings is 1. The number of aromatic nitrogens is 3. The number of methoxy groups -OCH3 is 2. The lowest BCUT2D eigenvalue weighted by molar-refractivity contribution is 0.0836. The summed E-state index contributed by atoms with van der Waals surface area (Å²) in [6.07, 6.45) is 6.50. The molecule has 0 aliphatic heterocycles. The van der Waals surface area contributed by atoms with Crippen LogP contribution in [0.15, 0.2) is 28.9 Å². The van der Waals surface area contributed by atoms with E-state index in [-0.39, 0.29) is 23.1 Å². The van der Waals surface area contributed by atoms with Crippen molar-refractivity contribution in [3.63, 3.8) is 0 Å². The van der Waals surface area contributed by atoms with Crippen molar-refractivity contribution in [3.05, 3.63) is 41.4 Å². The highest BCUT2D eigenvalue weighted by Crippen LogP contribution is 2.40. The number of nitrogens with zero attached hydrogens (tertiary/aromatic N) is 3. The van der Waals surface area contributed by atoms with Gasteiger partial charge in [-0.1, -0.05) is 24.4 Å².